The van der Waals surface area contributed by atoms with Crippen LogP contribution in [0.3, 0.4) is 0 Å². The van der Waals surface area contributed by atoms with E-state index in [1.165, 1.54) is 12.4 Å². The maximum atomic E-state index is 12.5. The molecular formula is C23H23N3O2. The van der Waals surface area contributed by atoms with Gasteiger partial charge in [-0.15, -0.1) is 0 Å². The van der Waals surface area contributed by atoms with E-state index in [0.717, 1.165) is 22.3 Å². The Labute approximate surface area is 164 Å². The predicted octanol–water partition coefficient (Wildman–Crippen LogP) is 4.82. The third-order valence-electron chi connectivity index (χ3n) is 4.79. The number of rotatable bonds is 4. The number of carbonyl (C=O) groups is 2. The van der Waals surface area contributed by atoms with Crippen LogP contribution in [-0.4, -0.2) is 16.8 Å². The second-order valence-electron chi connectivity index (χ2n) is 6.97. The number of nitrogens with zero attached hydrogens (tertiary/aromatic N) is 1. The molecule has 2 N–H and O–H groups in total. The first-order chi connectivity index (χ1) is 13.3. The number of benzene rings is 2. The zero-order valence-corrected chi connectivity index (χ0v) is 16.5. The van der Waals surface area contributed by atoms with Crippen molar-refractivity contribution >= 4 is 23.2 Å². The molecule has 0 aliphatic carbocycles. The van der Waals surface area contributed by atoms with E-state index in [-0.39, 0.29) is 11.8 Å². The molecule has 0 aliphatic rings. The van der Waals surface area contributed by atoms with Crippen molar-refractivity contribution in [2.75, 3.05) is 10.6 Å². The smallest absolute Gasteiger partial charge is 0.257 e. The largest absolute Gasteiger partial charge is 0.322 e. The van der Waals surface area contributed by atoms with Gasteiger partial charge in [-0.1, -0.05) is 12.1 Å². The SMILES string of the molecule is Cc1ccc(NC(=O)c2cncc(C(=O)Nc3ccc(C)c(C)c3)c2)cc1C. The van der Waals surface area contributed by atoms with Gasteiger partial charge >= 0.3 is 0 Å². The number of anilines is 2. The molecule has 0 unspecified atom stereocenters. The molecule has 0 bridgehead atoms. The van der Waals surface area contributed by atoms with Gasteiger partial charge in [-0.05, 0) is 80.3 Å². The molecule has 0 fully saturated rings. The summed E-state index contributed by atoms with van der Waals surface area (Å²) in [5.41, 5.74) is 6.57. The highest BCUT2D eigenvalue weighted by molar-refractivity contribution is 6.08. The number of nitrogens with one attached hydrogen (secondary N) is 2. The van der Waals surface area contributed by atoms with Crippen LogP contribution in [0.25, 0.3) is 0 Å². The molecule has 1 aromatic heterocycles. The quantitative estimate of drug-likeness (QED) is 0.689. The highest BCUT2D eigenvalue weighted by Gasteiger charge is 2.12. The Morgan fingerprint density at radius 2 is 1.07 bits per heavy atom. The molecule has 0 aliphatic heterocycles. The molecule has 5 heteroatoms. The minimum absolute atomic E-state index is 0.309. The van der Waals surface area contributed by atoms with Gasteiger partial charge in [0, 0.05) is 23.8 Å². The molecule has 5 nitrogen and oxygen atoms in total. The van der Waals surface area contributed by atoms with E-state index in [1.807, 2.05) is 64.1 Å². The Bertz CT molecular complexity index is 977. The standard InChI is InChI=1S/C23H23N3O2/c1-14-5-7-20(9-16(14)3)25-22(27)18-11-19(13-24-12-18)23(28)26-21-8-6-15(2)17(4)10-21/h5-13H,1-4H3,(H,25,27)(H,26,28). The summed E-state index contributed by atoms with van der Waals surface area (Å²) in [6.45, 7) is 8.01. The summed E-state index contributed by atoms with van der Waals surface area (Å²) in [5.74, 6) is -0.617. The fourth-order valence-electron chi connectivity index (χ4n) is 2.73. The maximum Gasteiger partial charge on any atom is 0.257 e. The highest BCUT2D eigenvalue weighted by Crippen LogP contribution is 2.17. The number of aromatic nitrogens is 1. The van der Waals surface area contributed by atoms with Gasteiger partial charge in [-0.25, -0.2) is 0 Å². The summed E-state index contributed by atoms with van der Waals surface area (Å²) in [4.78, 5) is 29.1. The lowest BCUT2D eigenvalue weighted by Crippen LogP contribution is -2.16. The lowest BCUT2D eigenvalue weighted by atomic mass is 10.1. The van der Waals surface area contributed by atoms with Crippen LogP contribution in [0.2, 0.25) is 0 Å². The van der Waals surface area contributed by atoms with Crippen molar-refractivity contribution in [3.63, 3.8) is 0 Å². The van der Waals surface area contributed by atoms with Crippen LogP contribution in [0.5, 0.6) is 0 Å². The molecule has 28 heavy (non-hydrogen) atoms. The lowest BCUT2D eigenvalue weighted by molar-refractivity contribution is 0.102. The van der Waals surface area contributed by atoms with Crippen molar-refractivity contribution in [3.8, 4) is 0 Å². The van der Waals surface area contributed by atoms with Crippen molar-refractivity contribution in [2.45, 2.75) is 27.7 Å². The summed E-state index contributed by atoms with van der Waals surface area (Å²) in [6, 6.07) is 13.0. The van der Waals surface area contributed by atoms with Gasteiger partial charge in [0.1, 0.15) is 0 Å². The molecule has 2 aromatic carbocycles. The summed E-state index contributed by atoms with van der Waals surface area (Å²) < 4.78 is 0. The fourth-order valence-corrected chi connectivity index (χ4v) is 2.73. The molecule has 3 rings (SSSR count). The number of amides is 2. The van der Waals surface area contributed by atoms with E-state index in [4.69, 9.17) is 0 Å². The lowest BCUT2D eigenvalue weighted by Gasteiger charge is -2.10. The van der Waals surface area contributed by atoms with E-state index in [2.05, 4.69) is 15.6 Å². The number of hydrogen-bond acceptors (Lipinski definition) is 3. The van der Waals surface area contributed by atoms with Crippen LogP contribution in [0.1, 0.15) is 43.0 Å². The van der Waals surface area contributed by atoms with Crippen molar-refractivity contribution in [2.24, 2.45) is 0 Å². The zero-order chi connectivity index (χ0) is 20.3. The van der Waals surface area contributed by atoms with Crippen molar-refractivity contribution in [1.82, 2.24) is 4.98 Å². The van der Waals surface area contributed by atoms with Gasteiger partial charge in [-0.3, -0.25) is 14.6 Å². The van der Waals surface area contributed by atoms with Gasteiger partial charge in [0.15, 0.2) is 0 Å². The first kappa shape index (κ1) is 19.3. The van der Waals surface area contributed by atoms with Gasteiger partial charge < -0.3 is 10.6 Å². The molecule has 0 radical (unpaired) electrons. The Morgan fingerprint density at radius 1 is 0.643 bits per heavy atom. The first-order valence-electron chi connectivity index (χ1n) is 9.06. The van der Waals surface area contributed by atoms with Crippen LogP contribution in [0, 0.1) is 27.7 Å². The van der Waals surface area contributed by atoms with E-state index in [9.17, 15) is 9.59 Å². The molecule has 1 heterocycles. The molecule has 0 saturated heterocycles. The number of aryl methyl sites for hydroxylation is 4. The van der Waals surface area contributed by atoms with Gasteiger partial charge in [0.2, 0.25) is 0 Å². The number of carbonyl (C=O) groups excluding carboxylic acids is 2. The van der Waals surface area contributed by atoms with Gasteiger partial charge in [0.25, 0.3) is 11.8 Å². The Balaban J connectivity index is 1.75. The second kappa shape index (κ2) is 8.05. The van der Waals surface area contributed by atoms with E-state index in [0.29, 0.717) is 22.5 Å². The van der Waals surface area contributed by atoms with E-state index >= 15 is 0 Å². The third kappa shape index (κ3) is 4.43. The minimum atomic E-state index is -0.309. The van der Waals surface area contributed by atoms with Crippen LogP contribution >= 0.6 is 0 Å². The van der Waals surface area contributed by atoms with Gasteiger partial charge in [0.05, 0.1) is 11.1 Å². The van der Waals surface area contributed by atoms with Crippen molar-refractivity contribution in [1.29, 1.82) is 0 Å². The summed E-state index contributed by atoms with van der Waals surface area (Å²) in [6.07, 6.45) is 2.90. The number of hydrogen-bond donors (Lipinski definition) is 2. The second-order valence-corrected chi connectivity index (χ2v) is 6.97. The summed E-state index contributed by atoms with van der Waals surface area (Å²) >= 11 is 0. The Morgan fingerprint density at radius 3 is 1.46 bits per heavy atom. The zero-order valence-electron chi connectivity index (χ0n) is 16.5. The third-order valence-corrected chi connectivity index (χ3v) is 4.79. The van der Waals surface area contributed by atoms with Crippen LogP contribution in [-0.2, 0) is 0 Å². The normalized spacial score (nSPS) is 10.4. The molecule has 0 spiro atoms. The average Bonchev–Trinajstić information content (AvgIpc) is 2.67. The summed E-state index contributed by atoms with van der Waals surface area (Å²) in [5, 5.41) is 5.69. The molecule has 3 aromatic rings. The average molecular weight is 373 g/mol. The topological polar surface area (TPSA) is 71.1 Å². The molecule has 142 valence electrons. The van der Waals surface area contributed by atoms with Crippen LogP contribution in [0.15, 0.2) is 54.9 Å². The monoisotopic (exact) mass is 373 g/mol. The Hall–Kier alpha value is -3.47. The van der Waals surface area contributed by atoms with E-state index in [1.54, 1.807) is 6.07 Å². The highest BCUT2D eigenvalue weighted by atomic mass is 16.2. The van der Waals surface area contributed by atoms with Crippen LogP contribution < -0.4 is 10.6 Å². The number of pyridine rings is 1. The molecule has 0 saturated carbocycles. The molecular weight excluding hydrogens is 350 g/mol. The fraction of sp³-hybridized carbons (Fsp3) is 0.174. The first-order valence-corrected chi connectivity index (χ1v) is 9.06. The predicted molar refractivity (Wildman–Crippen MR) is 112 cm³/mol. The molecule has 2 amide bonds. The van der Waals surface area contributed by atoms with Crippen LogP contribution in [0.4, 0.5) is 11.4 Å². The maximum absolute atomic E-state index is 12.5. The van der Waals surface area contributed by atoms with E-state index < -0.39 is 0 Å². The molecule has 0 atom stereocenters. The summed E-state index contributed by atoms with van der Waals surface area (Å²) in [7, 11) is 0. The van der Waals surface area contributed by atoms with Gasteiger partial charge in [-0.2, -0.15) is 0 Å². The Kier molecular flexibility index (Phi) is 5.54. The van der Waals surface area contributed by atoms with Crippen molar-refractivity contribution < 1.29 is 9.59 Å². The van der Waals surface area contributed by atoms with Crippen molar-refractivity contribution in [3.05, 3.63) is 88.2 Å². The minimum Gasteiger partial charge on any atom is -0.322 e.